The van der Waals surface area contributed by atoms with Gasteiger partial charge in [-0.15, -0.1) is 11.3 Å². The summed E-state index contributed by atoms with van der Waals surface area (Å²) in [5.74, 6) is -0.753. The molecule has 0 unspecified atom stereocenters. The van der Waals surface area contributed by atoms with Crippen molar-refractivity contribution in [3.63, 3.8) is 0 Å². The highest BCUT2D eigenvalue weighted by Gasteiger charge is 2.23. The van der Waals surface area contributed by atoms with E-state index in [9.17, 15) is 9.59 Å². The Morgan fingerprint density at radius 1 is 1.06 bits per heavy atom. The van der Waals surface area contributed by atoms with Crippen molar-refractivity contribution in [2.24, 2.45) is 0 Å². The molecule has 1 aliphatic rings. The summed E-state index contributed by atoms with van der Waals surface area (Å²) in [5.41, 5.74) is 1.81. The number of piperazine rings is 1. The van der Waals surface area contributed by atoms with Crippen LogP contribution in [0.25, 0.3) is 10.1 Å². The lowest BCUT2D eigenvalue weighted by Gasteiger charge is -2.36. The Hall–Kier alpha value is -2.32. The maximum absolute atomic E-state index is 13.3. The summed E-state index contributed by atoms with van der Waals surface area (Å²) < 4.78 is 5.99. The number of anilines is 2. The molecule has 1 N–H and O–H groups in total. The second-order valence-corrected chi connectivity index (χ2v) is 9.58. The Balaban J connectivity index is 1.67. The van der Waals surface area contributed by atoms with E-state index in [-0.39, 0.29) is 12.5 Å². The van der Waals surface area contributed by atoms with Crippen LogP contribution in [-0.4, -0.2) is 56.1 Å². The maximum atomic E-state index is 13.3. The van der Waals surface area contributed by atoms with Crippen molar-refractivity contribution in [2.45, 2.75) is 13.8 Å². The first-order chi connectivity index (χ1) is 15.9. The molecule has 0 spiro atoms. The minimum Gasteiger partial charge on any atom is -0.462 e. The first-order valence-electron chi connectivity index (χ1n) is 10.9. The molecule has 0 atom stereocenters. The van der Waals surface area contributed by atoms with Gasteiger partial charge in [-0.3, -0.25) is 4.79 Å². The van der Waals surface area contributed by atoms with Crippen molar-refractivity contribution in [3.8, 4) is 0 Å². The molecule has 33 heavy (non-hydrogen) atoms. The summed E-state index contributed by atoms with van der Waals surface area (Å²) in [5, 5.41) is 4.76. The van der Waals surface area contributed by atoms with Crippen LogP contribution in [0, 0.1) is 0 Å². The lowest BCUT2D eigenvalue weighted by molar-refractivity contribution is 0.0526. The molecule has 2 heterocycles. The van der Waals surface area contributed by atoms with Crippen LogP contribution in [-0.2, 0) is 4.74 Å². The largest absolute Gasteiger partial charge is 0.462 e. The predicted molar refractivity (Wildman–Crippen MR) is 137 cm³/mol. The molecule has 0 radical (unpaired) electrons. The van der Waals surface area contributed by atoms with Crippen molar-refractivity contribution >= 4 is 67.9 Å². The van der Waals surface area contributed by atoms with Crippen LogP contribution in [0.15, 0.2) is 36.4 Å². The summed E-state index contributed by atoms with van der Waals surface area (Å²) in [6.45, 7) is 8.73. The summed E-state index contributed by atoms with van der Waals surface area (Å²) in [4.78, 5) is 30.6. The molecular weight excluding hydrogens is 481 g/mol. The number of esters is 1. The molecule has 6 nitrogen and oxygen atoms in total. The van der Waals surface area contributed by atoms with Crippen molar-refractivity contribution in [1.82, 2.24) is 4.90 Å². The van der Waals surface area contributed by atoms with E-state index in [1.807, 2.05) is 12.1 Å². The van der Waals surface area contributed by atoms with Crippen LogP contribution in [0.5, 0.6) is 0 Å². The second-order valence-electron chi connectivity index (χ2n) is 7.71. The number of hydrogen-bond donors (Lipinski definition) is 1. The van der Waals surface area contributed by atoms with Gasteiger partial charge in [0.1, 0.15) is 4.88 Å². The third-order valence-corrected chi connectivity index (χ3v) is 7.60. The fourth-order valence-corrected chi connectivity index (χ4v) is 5.61. The quantitative estimate of drug-likeness (QED) is 0.430. The van der Waals surface area contributed by atoms with Gasteiger partial charge in [0.15, 0.2) is 0 Å². The number of nitrogens with zero attached hydrogens (tertiary/aromatic N) is 2. The number of halogens is 2. The fraction of sp³-hybridized carbons (Fsp3) is 0.333. The highest BCUT2D eigenvalue weighted by atomic mass is 35.5. The van der Waals surface area contributed by atoms with E-state index in [4.69, 9.17) is 27.9 Å². The maximum Gasteiger partial charge on any atom is 0.338 e. The van der Waals surface area contributed by atoms with Gasteiger partial charge in [-0.2, -0.15) is 0 Å². The van der Waals surface area contributed by atoms with E-state index in [0.29, 0.717) is 26.2 Å². The Morgan fingerprint density at radius 3 is 2.52 bits per heavy atom. The van der Waals surface area contributed by atoms with Crippen molar-refractivity contribution in [3.05, 3.63) is 56.9 Å². The minimum atomic E-state index is -0.426. The van der Waals surface area contributed by atoms with E-state index in [0.717, 1.165) is 48.5 Å². The molecule has 1 saturated heterocycles. The molecule has 2 aromatic carbocycles. The van der Waals surface area contributed by atoms with Gasteiger partial charge < -0.3 is 19.9 Å². The van der Waals surface area contributed by atoms with Crippen molar-refractivity contribution < 1.29 is 14.3 Å². The smallest absolute Gasteiger partial charge is 0.338 e. The SMILES string of the molecule is CCOC(=O)c1ccc(N2CCN(CC)CC2)c(NC(=O)c2sc3cc(Cl)ccc3c2Cl)c1. The first kappa shape index (κ1) is 23.8. The highest BCUT2D eigenvalue weighted by Crippen LogP contribution is 2.38. The molecule has 0 saturated carbocycles. The number of thiophene rings is 1. The van der Waals surface area contributed by atoms with Crippen LogP contribution < -0.4 is 10.2 Å². The number of carbonyl (C=O) groups excluding carboxylic acids is 2. The number of benzene rings is 2. The number of amides is 1. The van der Waals surface area contributed by atoms with Gasteiger partial charge >= 0.3 is 5.97 Å². The van der Waals surface area contributed by atoms with E-state index in [1.54, 1.807) is 31.2 Å². The van der Waals surface area contributed by atoms with Gasteiger partial charge in [-0.25, -0.2) is 4.79 Å². The Bertz CT molecular complexity index is 1190. The fourth-order valence-electron chi connectivity index (χ4n) is 3.92. The number of hydrogen-bond acceptors (Lipinski definition) is 6. The molecule has 3 aromatic rings. The predicted octanol–water partition coefficient (Wildman–Crippen LogP) is 5.78. The number of nitrogens with one attached hydrogen (secondary N) is 1. The topological polar surface area (TPSA) is 61.9 Å². The number of ether oxygens (including phenoxy) is 1. The van der Waals surface area contributed by atoms with Crippen LogP contribution in [0.2, 0.25) is 10.0 Å². The third-order valence-electron chi connectivity index (χ3n) is 5.71. The molecule has 1 aromatic heterocycles. The van der Waals surface area contributed by atoms with E-state index in [2.05, 4.69) is 22.0 Å². The number of fused-ring (bicyclic) bond motifs is 1. The molecule has 0 aliphatic carbocycles. The summed E-state index contributed by atoms with van der Waals surface area (Å²) in [7, 11) is 0. The van der Waals surface area contributed by atoms with Crippen molar-refractivity contribution in [2.75, 3.05) is 49.5 Å². The van der Waals surface area contributed by atoms with E-state index in [1.165, 1.54) is 11.3 Å². The zero-order chi connectivity index (χ0) is 23.5. The van der Waals surface area contributed by atoms with E-state index < -0.39 is 5.97 Å². The standard InChI is InChI=1S/C24H25Cl2N3O3S/c1-3-28-9-11-29(12-10-28)19-8-5-15(24(31)32-4-2)13-18(19)27-23(30)22-21(26)17-7-6-16(25)14-20(17)33-22/h5-8,13-14H,3-4,9-12H2,1-2H3,(H,27,30). The monoisotopic (exact) mass is 505 g/mol. The van der Waals surface area contributed by atoms with E-state index >= 15 is 0 Å². The Kier molecular flexibility index (Phi) is 7.44. The lowest BCUT2D eigenvalue weighted by Crippen LogP contribution is -2.46. The second kappa shape index (κ2) is 10.3. The molecule has 1 fully saturated rings. The minimum absolute atomic E-state index is 0.279. The van der Waals surface area contributed by atoms with Crippen LogP contribution >= 0.6 is 34.5 Å². The molecule has 174 valence electrons. The van der Waals surface area contributed by atoms with Gasteiger partial charge in [0.25, 0.3) is 5.91 Å². The third kappa shape index (κ3) is 5.11. The Morgan fingerprint density at radius 2 is 1.82 bits per heavy atom. The average molecular weight is 506 g/mol. The van der Waals surface area contributed by atoms with Gasteiger partial charge in [-0.1, -0.05) is 36.2 Å². The lowest BCUT2D eigenvalue weighted by atomic mass is 10.1. The zero-order valence-corrected chi connectivity index (χ0v) is 20.8. The normalized spacial score (nSPS) is 14.5. The molecule has 4 rings (SSSR count). The zero-order valence-electron chi connectivity index (χ0n) is 18.5. The number of carbonyl (C=O) groups is 2. The van der Waals surface area contributed by atoms with Crippen molar-refractivity contribution in [1.29, 1.82) is 0 Å². The van der Waals surface area contributed by atoms with Gasteiger partial charge in [0, 0.05) is 41.3 Å². The van der Waals surface area contributed by atoms with Gasteiger partial charge in [-0.05, 0) is 43.8 Å². The van der Waals surface area contributed by atoms with Crippen LogP contribution in [0.3, 0.4) is 0 Å². The first-order valence-corrected chi connectivity index (χ1v) is 12.5. The number of likely N-dealkylation sites (N-methyl/N-ethyl adjacent to an activating group) is 1. The van der Waals surface area contributed by atoms with Crippen LogP contribution in [0.1, 0.15) is 33.9 Å². The van der Waals surface area contributed by atoms with Gasteiger partial charge in [0.2, 0.25) is 0 Å². The molecule has 9 heteroatoms. The van der Waals surface area contributed by atoms with Crippen LogP contribution in [0.4, 0.5) is 11.4 Å². The highest BCUT2D eigenvalue weighted by molar-refractivity contribution is 7.21. The molecular formula is C24H25Cl2N3O3S. The average Bonchev–Trinajstić information content (AvgIpc) is 3.15. The summed E-state index contributed by atoms with van der Waals surface area (Å²) >= 11 is 13.9. The molecule has 1 aliphatic heterocycles. The summed E-state index contributed by atoms with van der Waals surface area (Å²) in [6.07, 6.45) is 0. The Labute approximate surface area is 207 Å². The molecule has 0 bridgehead atoms. The molecule has 1 amide bonds. The van der Waals surface area contributed by atoms with Gasteiger partial charge in [0.05, 0.1) is 28.6 Å². The summed E-state index contributed by atoms with van der Waals surface area (Å²) in [6, 6.07) is 10.6. The number of rotatable bonds is 6.